The number of hydrogen-bond donors (Lipinski definition) is 2. The van der Waals surface area contributed by atoms with Crippen LogP contribution in [0.25, 0.3) is 0 Å². The molecule has 2 unspecified atom stereocenters. The molecule has 1 aromatic rings. The Hall–Kier alpha value is -1.73. The Morgan fingerprint density at radius 1 is 1.50 bits per heavy atom. The second-order valence-corrected chi connectivity index (χ2v) is 5.44. The van der Waals surface area contributed by atoms with Gasteiger partial charge in [-0.05, 0) is 32.2 Å². The van der Waals surface area contributed by atoms with Gasteiger partial charge in [0.05, 0.1) is 16.2 Å². The fraction of sp³-hybridized carbons (Fsp3) is 0.571. The first-order valence-electron chi connectivity index (χ1n) is 7.15. The van der Waals surface area contributed by atoms with E-state index in [1.807, 2.05) is 0 Å². The van der Waals surface area contributed by atoms with Crippen molar-refractivity contribution in [3.05, 3.63) is 33.6 Å². The Kier molecular flexibility index (Phi) is 6.70. The van der Waals surface area contributed by atoms with E-state index >= 15 is 0 Å². The third-order valence-corrected chi connectivity index (χ3v) is 4.06. The monoisotopic (exact) mass is 328 g/mol. The second-order valence-electron chi connectivity index (χ2n) is 5.44. The Morgan fingerprint density at radius 3 is 2.82 bits per heavy atom. The van der Waals surface area contributed by atoms with Gasteiger partial charge in [-0.25, -0.2) is 0 Å². The maximum Gasteiger partial charge on any atom is 0.288 e. The van der Waals surface area contributed by atoms with Crippen molar-refractivity contribution in [2.24, 2.45) is 11.7 Å². The normalized spacial score (nSPS) is 20.8. The van der Waals surface area contributed by atoms with Crippen molar-refractivity contribution in [2.45, 2.75) is 38.6 Å². The second kappa shape index (κ2) is 8.05. The summed E-state index contributed by atoms with van der Waals surface area (Å²) in [6.07, 6.45) is 5.26. The van der Waals surface area contributed by atoms with E-state index in [-0.39, 0.29) is 41.5 Å². The maximum absolute atomic E-state index is 12.4. The van der Waals surface area contributed by atoms with Gasteiger partial charge >= 0.3 is 0 Å². The Morgan fingerprint density at radius 2 is 2.18 bits per heavy atom. The van der Waals surface area contributed by atoms with Crippen LogP contribution in [0.5, 0.6) is 0 Å². The van der Waals surface area contributed by atoms with Crippen LogP contribution < -0.4 is 11.1 Å². The molecule has 1 aromatic heterocycles. The predicted octanol–water partition coefficient (Wildman–Crippen LogP) is 1.97. The molecule has 1 amide bonds. The van der Waals surface area contributed by atoms with Crippen molar-refractivity contribution < 1.29 is 9.72 Å². The summed E-state index contributed by atoms with van der Waals surface area (Å²) in [4.78, 5) is 26.5. The molecule has 1 aliphatic carbocycles. The topological polar surface area (TPSA) is 111 Å². The molecule has 1 aliphatic rings. The molecular weight excluding hydrogens is 308 g/mol. The van der Waals surface area contributed by atoms with Gasteiger partial charge in [-0.2, -0.15) is 0 Å². The van der Waals surface area contributed by atoms with E-state index in [0.717, 1.165) is 31.9 Å². The van der Waals surface area contributed by atoms with Crippen LogP contribution >= 0.6 is 12.4 Å². The summed E-state index contributed by atoms with van der Waals surface area (Å²) in [6.45, 7) is 2.21. The Labute approximate surface area is 135 Å². The van der Waals surface area contributed by atoms with Crippen LogP contribution in [-0.4, -0.2) is 28.4 Å². The average Bonchev–Trinajstić information content (AvgIpc) is 2.47. The van der Waals surface area contributed by atoms with Crippen LogP contribution in [0.1, 0.15) is 41.7 Å². The van der Waals surface area contributed by atoms with E-state index in [1.165, 1.54) is 6.07 Å². The number of carbonyl (C=O) groups excluding carboxylic acids is 1. The smallest absolute Gasteiger partial charge is 0.288 e. The largest absolute Gasteiger partial charge is 0.349 e. The van der Waals surface area contributed by atoms with Gasteiger partial charge < -0.3 is 11.1 Å². The number of rotatable bonds is 4. The molecule has 3 N–H and O–H groups in total. The zero-order chi connectivity index (χ0) is 15.4. The SMILES string of the molecule is Cc1ncc([N+](=O)[O-])cc1C(=O)NC1CCCCC1CN.Cl. The molecule has 1 saturated carbocycles. The number of carbonyl (C=O) groups is 1. The molecule has 1 fully saturated rings. The first kappa shape index (κ1) is 18.3. The van der Waals surface area contributed by atoms with Gasteiger partial charge in [0.15, 0.2) is 0 Å². The van der Waals surface area contributed by atoms with Gasteiger partial charge in [0, 0.05) is 12.1 Å². The van der Waals surface area contributed by atoms with E-state index in [2.05, 4.69) is 10.3 Å². The molecule has 8 heteroatoms. The molecule has 0 spiro atoms. The molecule has 122 valence electrons. The van der Waals surface area contributed by atoms with Crippen molar-refractivity contribution in [1.29, 1.82) is 0 Å². The number of nitrogens with zero attached hydrogens (tertiary/aromatic N) is 2. The lowest BCUT2D eigenvalue weighted by Gasteiger charge is -2.31. The van der Waals surface area contributed by atoms with E-state index in [9.17, 15) is 14.9 Å². The standard InChI is InChI=1S/C14H20N4O3.ClH/c1-9-12(6-11(8-16-9)18(20)21)14(19)17-13-5-3-2-4-10(13)7-15;/h6,8,10,13H,2-5,7,15H2,1H3,(H,17,19);1H. The Balaban J connectivity index is 0.00000242. The van der Waals surface area contributed by atoms with Gasteiger partial charge in [0.25, 0.3) is 11.6 Å². The highest BCUT2D eigenvalue weighted by molar-refractivity contribution is 5.96. The number of aromatic nitrogens is 1. The highest BCUT2D eigenvalue weighted by Crippen LogP contribution is 2.24. The lowest BCUT2D eigenvalue weighted by atomic mass is 9.84. The first-order chi connectivity index (χ1) is 10.0. The van der Waals surface area contributed by atoms with Crippen LogP contribution in [-0.2, 0) is 0 Å². The van der Waals surface area contributed by atoms with Crippen LogP contribution in [0, 0.1) is 23.0 Å². The highest BCUT2D eigenvalue weighted by Gasteiger charge is 2.26. The molecule has 0 saturated heterocycles. The number of aryl methyl sites for hydroxylation is 1. The summed E-state index contributed by atoms with van der Waals surface area (Å²) in [5.74, 6) is -0.0382. The molecule has 0 bridgehead atoms. The summed E-state index contributed by atoms with van der Waals surface area (Å²) in [6, 6.07) is 1.31. The van der Waals surface area contributed by atoms with Gasteiger partial charge in [0.2, 0.25) is 0 Å². The maximum atomic E-state index is 12.4. The summed E-state index contributed by atoms with van der Waals surface area (Å²) in [5, 5.41) is 13.8. The molecule has 2 rings (SSSR count). The summed E-state index contributed by atoms with van der Waals surface area (Å²) in [5.41, 5.74) is 6.31. The minimum Gasteiger partial charge on any atom is -0.349 e. The van der Waals surface area contributed by atoms with Crippen molar-refractivity contribution >= 4 is 24.0 Å². The third-order valence-electron chi connectivity index (χ3n) is 4.06. The molecule has 22 heavy (non-hydrogen) atoms. The van der Waals surface area contributed by atoms with Crippen LogP contribution in [0.15, 0.2) is 12.3 Å². The number of halogens is 1. The summed E-state index contributed by atoms with van der Waals surface area (Å²) in [7, 11) is 0. The van der Waals surface area contributed by atoms with E-state index < -0.39 is 4.92 Å². The number of amides is 1. The highest BCUT2D eigenvalue weighted by atomic mass is 35.5. The van der Waals surface area contributed by atoms with Crippen molar-refractivity contribution in [2.75, 3.05) is 6.54 Å². The molecule has 0 radical (unpaired) electrons. The number of nitro groups is 1. The quantitative estimate of drug-likeness (QED) is 0.648. The molecular formula is C14H21ClN4O3. The number of nitrogens with two attached hydrogens (primary N) is 1. The molecule has 2 atom stereocenters. The zero-order valence-electron chi connectivity index (χ0n) is 12.4. The van der Waals surface area contributed by atoms with Gasteiger partial charge in [0.1, 0.15) is 6.20 Å². The third kappa shape index (κ3) is 4.14. The van der Waals surface area contributed by atoms with Gasteiger partial charge in [-0.3, -0.25) is 19.9 Å². The van der Waals surface area contributed by atoms with Crippen LogP contribution in [0.4, 0.5) is 5.69 Å². The molecule has 0 aromatic carbocycles. The fourth-order valence-corrected chi connectivity index (χ4v) is 2.78. The van der Waals surface area contributed by atoms with E-state index in [4.69, 9.17) is 5.73 Å². The number of pyridine rings is 1. The number of hydrogen-bond acceptors (Lipinski definition) is 5. The van der Waals surface area contributed by atoms with E-state index in [0.29, 0.717) is 12.2 Å². The van der Waals surface area contributed by atoms with Crippen LogP contribution in [0.3, 0.4) is 0 Å². The van der Waals surface area contributed by atoms with Gasteiger partial charge in [-0.1, -0.05) is 12.8 Å². The van der Waals surface area contributed by atoms with Crippen molar-refractivity contribution in [3.63, 3.8) is 0 Å². The Bertz CT molecular complexity index is 553. The summed E-state index contributed by atoms with van der Waals surface area (Å²) < 4.78 is 0. The lowest BCUT2D eigenvalue weighted by molar-refractivity contribution is -0.385. The number of nitrogens with one attached hydrogen (secondary N) is 1. The van der Waals surface area contributed by atoms with Crippen molar-refractivity contribution in [3.8, 4) is 0 Å². The summed E-state index contributed by atoms with van der Waals surface area (Å²) >= 11 is 0. The van der Waals surface area contributed by atoms with Crippen molar-refractivity contribution in [1.82, 2.24) is 10.3 Å². The van der Waals surface area contributed by atoms with Gasteiger partial charge in [-0.15, -0.1) is 12.4 Å². The minimum atomic E-state index is -0.549. The zero-order valence-corrected chi connectivity index (χ0v) is 13.3. The fourth-order valence-electron chi connectivity index (χ4n) is 2.78. The molecule has 7 nitrogen and oxygen atoms in total. The predicted molar refractivity (Wildman–Crippen MR) is 85.1 cm³/mol. The van der Waals surface area contributed by atoms with Crippen LogP contribution in [0.2, 0.25) is 0 Å². The van der Waals surface area contributed by atoms with E-state index in [1.54, 1.807) is 6.92 Å². The lowest BCUT2D eigenvalue weighted by Crippen LogP contribution is -2.44. The minimum absolute atomic E-state index is 0. The first-order valence-corrected chi connectivity index (χ1v) is 7.15. The molecule has 0 aliphatic heterocycles. The average molecular weight is 329 g/mol. The molecule has 1 heterocycles.